The minimum absolute atomic E-state index is 0.0955. The molecule has 2 aromatic carbocycles. The van der Waals surface area contributed by atoms with E-state index in [1.165, 1.54) is 36.8 Å². The SMILES string of the molecule is CCCCC(CCCCc1ccccc1)(C1=NC(C)(C)CO1)c1ccccc1. The van der Waals surface area contributed by atoms with Crippen LogP contribution in [0.15, 0.2) is 65.7 Å². The number of aliphatic imine (C=N–C) groups is 1. The Morgan fingerprint density at radius 2 is 1.54 bits per heavy atom. The van der Waals surface area contributed by atoms with Crippen molar-refractivity contribution in [2.75, 3.05) is 6.61 Å². The zero-order chi connectivity index (χ0) is 19.9. The zero-order valence-electron chi connectivity index (χ0n) is 17.8. The van der Waals surface area contributed by atoms with Crippen LogP contribution in [0, 0.1) is 0 Å². The monoisotopic (exact) mass is 377 g/mol. The number of nitrogens with zero attached hydrogens (tertiary/aromatic N) is 1. The van der Waals surface area contributed by atoms with Crippen LogP contribution in [0.25, 0.3) is 0 Å². The van der Waals surface area contributed by atoms with Crippen LogP contribution in [0.2, 0.25) is 0 Å². The summed E-state index contributed by atoms with van der Waals surface area (Å²) in [6.45, 7) is 7.30. The molecular formula is C26H35NO. The van der Waals surface area contributed by atoms with E-state index >= 15 is 0 Å². The highest BCUT2D eigenvalue weighted by molar-refractivity contribution is 5.89. The summed E-state index contributed by atoms with van der Waals surface area (Å²) in [5, 5.41) is 0. The van der Waals surface area contributed by atoms with Crippen LogP contribution in [-0.4, -0.2) is 18.0 Å². The highest BCUT2D eigenvalue weighted by Gasteiger charge is 2.43. The maximum atomic E-state index is 6.25. The number of hydrogen-bond donors (Lipinski definition) is 0. The summed E-state index contributed by atoms with van der Waals surface area (Å²) in [7, 11) is 0. The number of rotatable bonds is 10. The molecule has 0 radical (unpaired) electrons. The number of ether oxygens (including phenoxy) is 1. The Morgan fingerprint density at radius 1 is 0.893 bits per heavy atom. The summed E-state index contributed by atoms with van der Waals surface area (Å²) in [5.74, 6) is 0.969. The highest BCUT2D eigenvalue weighted by Crippen LogP contribution is 2.40. The molecule has 1 unspecified atom stereocenters. The van der Waals surface area contributed by atoms with Crippen LogP contribution in [0.3, 0.4) is 0 Å². The number of benzene rings is 2. The maximum absolute atomic E-state index is 6.25. The van der Waals surface area contributed by atoms with Crippen molar-refractivity contribution < 1.29 is 4.74 Å². The summed E-state index contributed by atoms with van der Waals surface area (Å²) in [6.07, 6.45) is 8.09. The van der Waals surface area contributed by atoms with Crippen LogP contribution < -0.4 is 0 Å². The molecule has 1 atom stereocenters. The van der Waals surface area contributed by atoms with Crippen LogP contribution in [0.5, 0.6) is 0 Å². The molecule has 0 aromatic heterocycles. The summed E-state index contributed by atoms with van der Waals surface area (Å²) in [5.41, 5.74) is 2.57. The van der Waals surface area contributed by atoms with E-state index in [1.54, 1.807) is 0 Å². The average Bonchev–Trinajstić information content (AvgIpc) is 3.09. The van der Waals surface area contributed by atoms with Gasteiger partial charge in [0.25, 0.3) is 0 Å². The summed E-state index contributed by atoms with van der Waals surface area (Å²) < 4.78 is 6.25. The second-order valence-corrected chi connectivity index (χ2v) is 8.76. The lowest BCUT2D eigenvalue weighted by Crippen LogP contribution is -2.36. The molecule has 1 aliphatic rings. The summed E-state index contributed by atoms with van der Waals surface area (Å²) in [4.78, 5) is 5.05. The number of unbranched alkanes of at least 4 members (excludes halogenated alkanes) is 2. The van der Waals surface area contributed by atoms with Crippen molar-refractivity contribution in [1.29, 1.82) is 0 Å². The van der Waals surface area contributed by atoms with Gasteiger partial charge in [0.05, 0.1) is 11.0 Å². The average molecular weight is 378 g/mol. The van der Waals surface area contributed by atoms with Gasteiger partial charge in [-0.1, -0.05) is 86.8 Å². The molecule has 150 valence electrons. The van der Waals surface area contributed by atoms with E-state index in [-0.39, 0.29) is 11.0 Å². The Morgan fingerprint density at radius 3 is 2.14 bits per heavy atom. The predicted octanol–water partition coefficient (Wildman–Crippen LogP) is 6.73. The highest BCUT2D eigenvalue weighted by atomic mass is 16.5. The van der Waals surface area contributed by atoms with E-state index in [9.17, 15) is 0 Å². The Balaban J connectivity index is 1.82. The van der Waals surface area contributed by atoms with Crippen molar-refractivity contribution >= 4 is 5.90 Å². The standard InChI is InChI=1S/C26H35NO/c1-4-5-19-26(23-17-10-7-11-18-23,24-27-25(2,3)21-28-24)20-13-12-16-22-14-8-6-9-15-22/h6-11,14-15,17-18H,4-5,12-13,16,19-21H2,1-3H3. The molecule has 1 heterocycles. The molecule has 0 saturated carbocycles. The van der Waals surface area contributed by atoms with E-state index < -0.39 is 0 Å². The van der Waals surface area contributed by atoms with Crippen LogP contribution in [0.4, 0.5) is 0 Å². The normalized spacial score (nSPS) is 17.6. The van der Waals surface area contributed by atoms with Gasteiger partial charge in [0.1, 0.15) is 6.61 Å². The van der Waals surface area contributed by atoms with Crippen molar-refractivity contribution in [2.24, 2.45) is 4.99 Å². The molecule has 0 bridgehead atoms. The van der Waals surface area contributed by atoms with E-state index in [2.05, 4.69) is 81.4 Å². The summed E-state index contributed by atoms with van der Waals surface area (Å²) >= 11 is 0. The van der Waals surface area contributed by atoms with E-state index in [0.717, 1.165) is 25.2 Å². The van der Waals surface area contributed by atoms with Gasteiger partial charge in [-0.3, -0.25) is 0 Å². The van der Waals surface area contributed by atoms with Gasteiger partial charge in [0.15, 0.2) is 5.90 Å². The van der Waals surface area contributed by atoms with Gasteiger partial charge < -0.3 is 4.74 Å². The fourth-order valence-corrected chi connectivity index (χ4v) is 4.22. The fraction of sp³-hybridized carbons (Fsp3) is 0.500. The number of hydrogen-bond acceptors (Lipinski definition) is 2. The topological polar surface area (TPSA) is 21.6 Å². The lowest BCUT2D eigenvalue weighted by atomic mass is 9.72. The van der Waals surface area contributed by atoms with Gasteiger partial charge in [0.2, 0.25) is 0 Å². The van der Waals surface area contributed by atoms with E-state index in [4.69, 9.17) is 9.73 Å². The first-order valence-electron chi connectivity index (χ1n) is 10.9. The molecule has 2 nitrogen and oxygen atoms in total. The van der Waals surface area contributed by atoms with E-state index in [0.29, 0.717) is 6.61 Å². The third kappa shape index (κ3) is 5.04. The molecule has 0 spiro atoms. The largest absolute Gasteiger partial charge is 0.478 e. The first-order valence-corrected chi connectivity index (χ1v) is 10.9. The third-order valence-electron chi connectivity index (χ3n) is 5.82. The Bertz CT molecular complexity index is 751. The van der Waals surface area contributed by atoms with Gasteiger partial charge in [-0.05, 0) is 50.7 Å². The van der Waals surface area contributed by atoms with Crippen LogP contribution in [-0.2, 0) is 16.6 Å². The molecule has 0 N–H and O–H groups in total. The molecular weight excluding hydrogens is 342 g/mol. The molecule has 2 aromatic rings. The lowest BCUT2D eigenvalue weighted by Gasteiger charge is -2.34. The van der Waals surface area contributed by atoms with Gasteiger partial charge in [-0.2, -0.15) is 0 Å². The van der Waals surface area contributed by atoms with Gasteiger partial charge in [-0.25, -0.2) is 4.99 Å². The first kappa shape index (κ1) is 20.6. The predicted molar refractivity (Wildman–Crippen MR) is 119 cm³/mol. The third-order valence-corrected chi connectivity index (χ3v) is 5.82. The fourth-order valence-electron chi connectivity index (χ4n) is 4.22. The molecule has 0 amide bonds. The maximum Gasteiger partial charge on any atom is 0.194 e. The second-order valence-electron chi connectivity index (χ2n) is 8.76. The minimum Gasteiger partial charge on any atom is -0.478 e. The van der Waals surface area contributed by atoms with Crippen LogP contribution in [0.1, 0.15) is 70.4 Å². The molecule has 3 rings (SSSR count). The van der Waals surface area contributed by atoms with Gasteiger partial charge >= 0.3 is 0 Å². The van der Waals surface area contributed by atoms with Gasteiger partial charge in [0, 0.05) is 0 Å². The van der Waals surface area contributed by atoms with Crippen molar-refractivity contribution in [3.8, 4) is 0 Å². The molecule has 28 heavy (non-hydrogen) atoms. The van der Waals surface area contributed by atoms with Crippen molar-refractivity contribution in [3.05, 3.63) is 71.8 Å². The number of aryl methyl sites for hydroxylation is 1. The van der Waals surface area contributed by atoms with E-state index in [1.807, 2.05) is 0 Å². The molecule has 0 saturated heterocycles. The minimum atomic E-state index is -0.119. The second kappa shape index (κ2) is 9.41. The first-order chi connectivity index (χ1) is 13.6. The van der Waals surface area contributed by atoms with Crippen LogP contribution >= 0.6 is 0 Å². The summed E-state index contributed by atoms with van der Waals surface area (Å²) in [6, 6.07) is 21.8. The smallest absolute Gasteiger partial charge is 0.194 e. The Labute approximate surface area is 171 Å². The lowest BCUT2D eigenvalue weighted by molar-refractivity contribution is 0.249. The van der Waals surface area contributed by atoms with Crippen molar-refractivity contribution in [1.82, 2.24) is 0 Å². The zero-order valence-corrected chi connectivity index (χ0v) is 17.8. The molecule has 1 aliphatic heterocycles. The Hall–Kier alpha value is -2.09. The quantitative estimate of drug-likeness (QED) is 0.420. The van der Waals surface area contributed by atoms with Crippen molar-refractivity contribution in [3.63, 3.8) is 0 Å². The molecule has 2 heteroatoms. The Kier molecular flexibility index (Phi) is 6.93. The van der Waals surface area contributed by atoms with Gasteiger partial charge in [-0.15, -0.1) is 0 Å². The molecule has 0 fully saturated rings. The molecule has 0 aliphatic carbocycles. The van der Waals surface area contributed by atoms with Crippen molar-refractivity contribution in [2.45, 2.75) is 76.7 Å².